The Bertz CT molecular complexity index is 977. The van der Waals surface area contributed by atoms with Crippen molar-refractivity contribution in [3.63, 3.8) is 0 Å². The van der Waals surface area contributed by atoms with E-state index in [1.54, 1.807) is 6.07 Å². The van der Waals surface area contributed by atoms with E-state index in [0.717, 1.165) is 15.9 Å². The molecule has 3 rings (SSSR count). The maximum Gasteiger partial charge on any atom is 0.174 e. The van der Waals surface area contributed by atoms with Crippen molar-refractivity contribution in [2.75, 3.05) is 17.6 Å². The van der Waals surface area contributed by atoms with Gasteiger partial charge in [-0.25, -0.2) is 4.98 Å². The number of pyridine rings is 1. The van der Waals surface area contributed by atoms with Gasteiger partial charge in [-0.3, -0.25) is 4.98 Å². The molecule has 0 saturated carbocycles. The number of anilines is 2. The number of aryl methyl sites for hydroxylation is 1. The fraction of sp³-hybridized carbons (Fsp3) is 0.250. The van der Waals surface area contributed by atoms with Crippen LogP contribution in [0.2, 0.25) is 0 Å². The highest BCUT2D eigenvalue weighted by molar-refractivity contribution is 9.10. The van der Waals surface area contributed by atoms with E-state index >= 15 is 0 Å². The number of nitrogen functional groups attached to an aromatic ring is 1. The van der Waals surface area contributed by atoms with Gasteiger partial charge in [0, 0.05) is 18.7 Å². The van der Waals surface area contributed by atoms with Crippen molar-refractivity contribution in [3.05, 3.63) is 45.3 Å². The molecule has 3 heterocycles. The quantitative estimate of drug-likeness (QED) is 0.594. The number of fused-ring (bicyclic) bond motifs is 1. The molecule has 128 valence electrons. The molecule has 0 bridgehead atoms. The molecule has 9 heteroatoms. The number of nitriles is 1. The zero-order valence-electron chi connectivity index (χ0n) is 13.5. The molecule has 3 aromatic rings. The predicted octanol–water partition coefficient (Wildman–Crippen LogP) is 1.80. The summed E-state index contributed by atoms with van der Waals surface area (Å²) in [6.07, 6.45) is 0.616. The van der Waals surface area contributed by atoms with Crippen molar-refractivity contribution in [1.82, 2.24) is 19.6 Å². The van der Waals surface area contributed by atoms with E-state index in [1.165, 1.54) is 4.52 Å². The van der Waals surface area contributed by atoms with Crippen LogP contribution in [0.15, 0.2) is 22.7 Å². The van der Waals surface area contributed by atoms with E-state index in [1.807, 2.05) is 19.1 Å². The molecule has 0 spiro atoms. The van der Waals surface area contributed by atoms with Crippen molar-refractivity contribution in [3.8, 4) is 6.07 Å². The Morgan fingerprint density at radius 2 is 2.12 bits per heavy atom. The molecule has 0 aromatic carbocycles. The molecule has 8 nitrogen and oxygen atoms in total. The van der Waals surface area contributed by atoms with Crippen LogP contribution in [0.25, 0.3) is 5.65 Å². The van der Waals surface area contributed by atoms with Gasteiger partial charge in [-0.15, -0.1) is 0 Å². The SMILES string of the molecule is Cc1nn2c(N)c(C#N)c(NCCc3cccc(CO)n3)nc2c1Br. The molecular formula is C16H16BrN7O. The van der Waals surface area contributed by atoms with Gasteiger partial charge in [0.25, 0.3) is 0 Å². The van der Waals surface area contributed by atoms with E-state index in [-0.39, 0.29) is 18.0 Å². The lowest BCUT2D eigenvalue weighted by atomic mass is 10.2. The molecule has 0 fully saturated rings. The topological polar surface area (TPSA) is 125 Å². The smallest absolute Gasteiger partial charge is 0.174 e. The number of hydrogen-bond donors (Lipinski definition) is 3. The maximum atomic E-state index is 9.42. The van der Waals surface area contributed by atoms with Crippen LogP contribution in [0.4, 0.5) is 11.6 Å². The van der Waals surface area contributed by atoms with Crippen LogP contribution in [0, 0.1) is 18.3 Å². The van der Waals surface area contributed by atoms with Crippen LogP contribution in [-0.2, 0) is 13.0 Å². The van der Waals surface area contributed by atoms with Gasteiger partial charge in [0.05, 0.1) is 22.5 Å². The van der Waals surface area contributed by atoms with Gasteiger partial charge in [-0.2, -0.15) is 14.9 Å². The number of nitrogens with two attached hydrogens (primary N) is 1. The molecule has 0 atom stereocenters. The monoisotopic (exact) mass is 401 g/mol. The second kappa shape index (κ2) is 7.04. The largest absolute Gasteiger partial charge is 0.390 e. The summed E-state index contributed by atoms with van der Waals surface area (Å²) in [5.74, 6) is 0.649. The van der Waals surface area contributed by atoms with Crippen LogP contribution < -0.4 is 11.1 Å². The number of nitrogens with zero attached hydrogens (tertiary/aromatic N) is 5. The molecule has 0 aliphatic heterocycles. The third-order valence-corrected chi connectivity index (χ3v) is 4.64. The second-order valence-corrected chi connectivity index (χ2v) is 6.22. The summed E-state index contributed by atoms with van der Waals surface area (Å²) < 4.78 is 2.19. The summed E-state index contributed by atoms with van der Waals surface area (Å²) in [6, 6.07) is 7.57. The molecule has 3 aromatic heterocycles. The highest BCUT2D eigenvalue weighted by Crippen LogP contribution is 2.27. The van der Waals surface area contributed by atoms with Crippen LogP contribution in [0.1, 0.15) is 22.6 Å². The number of hydrogen-bond acceptors (Lipinski definition) is 7. The Morgan fingerprint density at radius 1 is 1.36 bits per heavy atom. The van der Waals surface area contributed by atoms with Gasteiger partial charge >= 0.3 is 0 Å². The van der Waals surface area contributed by atoms with E-state index in [9.17, 15) is 5.26 Å². The molecule has 0 aliphatic rings. The number of rotatable bonds is 5. The third kappa shape index (κ3) is 3.26. The molecule has 0 unspecified atom stereocenters. The maximum absolute atomic E-state index is 9.42. The average molecular weight is 402 g/mol. The van der Waals surface area contributed by atoms with Gasteiger partial charge in [0.1, 0.15) is 23.3 Å². The minimum atomic E-state index is -0.0941. The second-order valence-electron chi connectivity index (χ2n) is 5.42. The Labute approximate surface area is 152 Å². The minimum absolute atomic E-state index is 0.0941. The Balaban J connectivity index is 1.85. The molecule has 4 N–H and O–H groups in total. The number of aliphatic hydroxyl groups is 1. The number of aromatic nitrogens is 4. The molecule has 0 amide bonds. The van der Waals surface area contributed by atoms with E-state index in [4.69, 9.17) is 10.8 Å². The summed E-state index contributed by atoms with van der Waals surface area (Å²) in [4.78, 5) is 8.80. The van der Waals surface area contributed by atoms with Gasteiger partial charge in [-0.05, 0) is 35.0 Å². The Morgan fingerprint density at radius 3 is 2.84 bits per heavy atom. The van der Waals surface area contributed by atoms with Crippen LogP contribution in [-0.4, -0.2) is 31.2 Å². The van der Waals surface area contributed by atoms with Gasteiger partial charge in [0.2, 0.25) is 0 Å². The van der Waals surface area contributed by atoms with Crippen LogP contribution in [0.5, 0.6) is 0 Å². The summed E-state index contributed by atoms with van der Waals surface area (Å²) in [5, 5.41) is 26.0. The minimum Gasteiger partial charge on any atom is -0.390 e. The third-order valence-electron chi connectivity index (χ3n) is 3.72. The summed E-state index contributed by atoms with van der Waals surface area (Å²) in [6.45, 7) is 2.25. The molecule has 0 saturated heterocycles. The Hall–Kier alpha value is -2.70. The molecule has 0 radical (unpaired) electrons. The van der Waals surface area contributed by atoms with Crippen molar-refractivity contribution < 1.29 is 5.11 Å². The van der Waals surface area contributed by atoms with E-state index in [2.05, 4.69) is 42.4 Å². The zero-order chi connectivity index (χ0) is 18.0. The standard InChI is InChI=1S/C16H16BrN7O/c1-9-13(17)16-22-15(12(7-18)14(19)24(16)23-9)20-6-5-10-3-2-4-11(8-25)21-10/h2-4,25H,5-6,8,19H2,1H3,(H,20,22). The van der Waals surface area contributed by atoms with Crippen molar-refractivity contribution in [1.29, 1.82) is 5.26 Å². The molecular weight excluding hydrogens is 386 g/mol. The summed E-state index contributed by atoms with van der Waals surface area (Å²) in [7, 11) is 0. The number of halogens is 1. The van der Waals surface area contributed by atoms with E-state index in [0.29, 0.717) is 30.1 Å². The number of nitrogens with one attached hydrogen (secondary N) is 1. The first-order valence-electron chi connectivity index (χ1n) is 7.59. The van der Waals surface area contributed by atoms with E-state index < -0.39 is 0 Å². The first-order chi connectivity index (χ1) is 12.0. The van der Waals surface area contributed by atoms with Gasteiger partial charge in [-0.1, -0.05) is 6.07 Å². The Kier molecular flexibility index (Phi) is 4.83. The lowest BCUT2D eigenvalue weighted by Crippen LogP contribution is -2.13. The first kappa shape index (κ1) is 17.1. The zero-order valence-corrected chi connectivity index (χ0v) is 15.1. The summed E-state index contributed by atoms with van der Waals surface area (Å²) >= 11 is 3.44. The van der Waals surface area contributed by atoms with Gasteiger partial charge < -0.3 is 16.2 Å². The summed E-state index contributed by atoms with van der Waals surface area (Å²) in [5.41, 5.74) is 9.08. The fourth-order valence-corrected chi connectivity index (χ4v) is 2.79. The van der Waals surface area contributed by atoms with Gasteiger partial charge in [0.15, 0.2) is 5.65 Å². The average Bonchev–Trinajstić information content (AvgIpc) is 2.91. The lowest BCUT2D eigenvalue weighted by Gasteiger charge is -2.10. The fourth-order valence-electron chi connectivity index (χ4n) is 2.45. The normalized spacial score (nSPS) is 10.8. The van der Waals surface area contributed by atoms with Crippen molar-refractivity contribution in [2.45, 2.75) is 20.0 Å². The molecule has 25 heavy (non-hydrogen) atoms. The highest BCUT2D eigenvalue weighted by Gasteiger charge is 2.17. The van der Waals surface area contributed by atoms with Crippen molar-refractivity contribution in [2.24, 2.45) is 0 Å². The number of aliphatic hydroxyl groups excluding tert-OH is 1. The van der Waals surface area contributed by atoms with Crippen LogP contribution in [0.3, 0.4) is 0 Å². The first-order valence-corrected chi connectivity index (χ1v) is 8.38. The lowest BCUT2D eigenvalue weighted by molar-refractivity contribution is 0.276. The molecule has 0 aliphatic carbocycles. The predicted molar refractivity (Wildman–Crippen MR) is 96.9 cm³/mol. The van der Waals surface area contributed by atoms with Crippen LogP contribution >= 0.6 is 15.9 Å². The highest BCUT2D eigenvalue weighted by atomic mass is 79.9. The van der Waals surface area contributed by atoms with Crippen molar-refractivity contribution >= 4 is 33.2 Å².